The summed E-state index contributed by atoms with van der Waals surface area (Å²) in [6, 6.07) is 0. The molecule has 124 valence electrons. The van der Waals surface area contributed by atoms with Crippen molar-refractivity contribution >= 4 is 5.97 Å². The number of ether oxygens (including phenoxy) is 1. The van der Waals surface area contributed by atoms with E-state index in [4.69, 9.17) is 9.57 Å². The van der Waals surface area contributed by atoms with Crippen LogP contribution in [-0.2, 0) is 14.4 Å². The first kappa shape index (κ1) is 18.7. The molecule has 0 aromatic heterocycles. The number of carbonyl (C=O) groups is 1. The lowest BCUT2D eigenvalue weighted by Crippen LogP contribution is -2.30. The van der Waals surface area contributed by atoms with Crippen LogP contribution in [0.25, 0.3) is 0 Å². The number of hydrogen-bond donors (Lipinski definition) is 0. The van der Waals surface area contributed by atoms with E-state index in [1.165, 1.54) is 0 Å². The molecule has 0 radical (unpaired) electrons. The Balaban J connectivity index is 2.64. The summed E-state index contributed by atoms with van der Waals surface area (Å²) in [6.07, 6.45) is 10.3. The smallest absolute Gasteiger partial charge is 0.352 e. The average molecular weight is 307 g/mol. The lowest BCUT2D eigenvalue weighted by atomic mass is 9.97. The van der Waals surface area contributed by atoms with Crippen LogP contribution in [0.15, 0.2) is 37.0 Å². The topological polar surface area (TPSA) is 38.8 Å². The van der Waals surface area contributed by atoms with Crippen LogP contribution in [-0.4, -0.2) is 36.3 Å². The molecule has 0 N–H and O–H groups in total. The third kappa shape index (κ3) is 6.16. The zero-order valence-corrected chi connectivity index (χ0v) is 13.9. The highest BCUT2D eigenvalue weighted by Crippen LogP contribution is 2.23. The fraction of sp³-hybridized carbons (Fsp3) is 0.611. The summed E-state index contributed by atoms with van der Waals surface area (Å²) in [4.78, 5) is 17.7. The summed E-state index contributed by atoms with van der Waals surface area (Å²) in [5.74, 6) is -0.290. The summed E-state index contributed by atoms with van der Waals surface area (Å²) in [5, 5.41) is 1.55. The van der Waals surface area contributed by atoms with Gasteiger partial charge in [0.05, 0.1) is 25.3 Å². The molecule has 0 spiro atoms. The zero-order valence-electron chi connectivity index (χ0n) is 13.9. The molecular formula is C18H29NO3. The fourth-order valence-corrected chi connectivity index (χ4v) is 2.50. The lowest BCUT2D eigenvalue weighted by molar-refractivity contribution is -0.180. The number of carbonyl (C=O) groups excluding carboxylic acids is 1. The Bertz CT molecular complexity index is 389. The molecule has 0 aromatic rings. The normalized spacial score (nSPS) is 18.2. The van der Waals surface area contributed by atoms with Gasteiger partial charge in [0.15, 0.2) is 0 Å². The summed E-state index contributed by atoms with van der Waals surface area (Å²) in [6.45, 7) is 12.5. The summed E-state index contributed by atoms with van der Waals surface area (Å²) < 4.78 is 6.04. The van der Waals surface area contributed by atoms with Crippen LogP contribution in [0, 0.1) is 0 Å². The highest BCUT2D eigenvalue weighted by Gasteiger charge is 2.23. The molecule has 0 saturated carbocycles. The molecular weight excluding hydrogens is 278 g/mol. The van der Waals surface area contributed by atoms with E-state index in [1.54, 1.807) is 17.2 Å². The third-order valence-corrected chi connectivity index (χ3v) is 3.74. The monoisotopic (exact) mass is 307 g/mol. The van der Waals surface area contributed by atoms with Crippen LogP contribution < -0.4 is 0 Å². The van der Waals surface area contributed by atoms with E-state index in [0.717, 1.165) is 32.1 Å². The van der Waals surface area contributed by atoms with Crippen molar-refractivity contribution in [2.75, 3.05) is 13.1 Å². The average Bonchev–Trinajstić information content (AvgIpc) is 2.53. The van der Waals surface area contributed by atoms with Gasteiger partial charge in [-0.15, -0.1) is 18.2 Å². The molecule has 4 nitrogen and oxygen atoms in total. The molecule has 0 aliphatic heterocycles. The summed E-state index contributed by atoms with van der Waals surface area (Å²) in [7, 11) is 0. The van der Waals surface area contributed by atoms with Gasteiger partial charge in [-0.2, -0.15) is 0 Å². The van der Waals surface area contributed by atoms with Gasteiger partial charge in [0, 0.05) is 5.57 Å². The second kappa shape index (κ2) is 10.4. The van der Waals surface area contributed by atoms with E-state index in [9.17, 15) is 4.79 Å². The quantitative estimate of drug-likeness (QED) is 0.454. The Morgan fingerprint density at radius 3 is 2.55 bits per heavy atom. The molecule has 0 bridgehead atoms. The molecule has 1 rings (SSSR count). The second-order valence-electron chi connectivity index (χ2n) is 5.50. The third-order valence-electron chi connectivity index (χ3n) is 3.74. The maximum atomic E-state index is 12.3. The molecule has 22 heavy (non-hydrogen) atoms. The highest BCUT2D eigenvalue weighted by atomic mass is 16.7. The van der Waals surface area contributed by atoms with Crippen LogP contribution >= 0.6 is 0 Å². The van der Waals surface area contributed by atoms with Crippen molar-refractivity contribution in [3.63, 3.8) is 0 Å². The van der Waals surface area contributed by atoms with Crippen LogP contribution in [0.4, 0.5) is 0 Å². The Hall–Kier alpha value is -1.39. The molecule has 1 atom stereocenters. The molecule has 0 amide bonds. The minimum atomic E-state index is -0.290. The van der Waals surface area contributed by atoms with Crippen LogP contribution in [0.3, 0.4) is 0 Å². The highest BCUT2D eigenvalue weighted by molar-refractivity contribution is 5.88. The molecule has 0 heterocycles. The van der Waals surface area contributed by atoms with Crippen molar-refractivity contribution in [1.29, 1.82) is 0 Å². The predicted octanol–water partition coefficient (Wildman–Crippen LogP) is 3.80. The lowest BCUT2D eigenvalue weighted by Gasteiger charge is -2.26. The minimum absolute atomic E-state index is 0.0217. The first-order valence-electron chi connectivity index (χ1n) is 8.19. The predicted molar refractivity (Wildman–Crippen MR) is 89.2 cm³/mol. The van der Waals surface area contributed by atoms with Crippen LogP contribution in [0.2, 0.25) is 0 Å². The van der Waals surface area contributed by atoms with Crippen LogP contribution in [0.5, 0.6) is 0 Å². The Labute approximate surface area is 134 Å². The molecule has 1 aliphatic rings. The van der Waals surface area contributed by atoms with Gasteiger partial charge < -0.3 is 9.57 Å². The van der Waals surface area contributed by atoms with Gasteiger partial charge in [-0.05, 0) is 38.2 Å². The van der Waals surface area contributed by atoms with Crippen molar-refractivity contribution < 1.29 is 14.4 Å². The molecule has 1 aliphatic carbocycles. The number of hydrogen-bond acceptors (Lipinski definition) is 4. The molecule has 1 unspecified atom stereocenters. The fourth-order valence-electron chi connectivity index (χ4n) is 2.50. The van der Waals surface area contributed by atoms with E-state index >= 15 is 0 Å². The van der Waals surface area contributed by atoms with E-state index in [1.807, 2.05) is 6.08 Å². The standard InChI is InChI=1S/C18H29NO3/c1-5-12-19(13-6-2)22-18(20)15-10-9-11-17(14-15)21-16(7-3)8-4/h5-6,14,16-17H,1-2,7-13H2,3-4H3. The maximum Gasteiger partial charge on any atom is 0.352 e. The molecule has 0 aromatic carbocycles. The van der Waals surface area contributed by atoms with Crippen molar-refractivity contribution in [2.45, 2.75) is 58.2 Å². The number of rotatable bonds is 10. The second-order valence-corrected chi connectivity index (χ2v) is 5.50. The van der Waals surface area contributed by atoms with E-state index in [-0.39, 0.29) is 18.2 Å². The first-order valence-corrected chi connectivity index (χ1v) is 8.19. The van der Waals surface area contributed by atoms with Gasteiger partial charge in [0.25, 0.3) is 0 Å². The molecule has 4 heteroatoms. The van der Waals surface area contributed by atoms with Crippen molar-refractivity contribution in [2.24, 2.45) is 0 Å². The van der Waals surface area contributed by atoms with Gasteiger partial charge in [-0.25, -0.2) is 4.79 Å². The molecule has 0 saturated heterocycles. The number of nitrogens with zero attached hydrogens (tertiary/aromatic N) is 1. The Morgan fingerprint density at radius 1 is 1.36 bits per heavy atom. The van der Waals surface area contributed by atoms with Gasteiger partial charge in [-0.3, -0.25) is 0 Å². The summed E-state index contributed by atoms with van der Waals surface area (Å²) in [5.41, 5.74) is 0.709. The number of hydroxylamine groups is 2. The van der Waals surface area contributed by atoms with E-state index < -0.39 is 0 Å². The van der Waals surface area contributed by atoms with Gasteiger partial charge in [0.2, 0.25) is 0 Å². The van der Waals surface area contributed by atoms with Crippen molar-refractivity contribution in [3.05, 3.63) is 37.0 Å². The maximum absolute atomic E-state index is 12.3. The van der Waals surface area contributed by atoms with Gasteiger partial charge in [0.1, 0.15) is 0 Å². The zero-order chi connectivity index (χ0) is 16.4. The van der Waals surface area contributed by atoms with Gasteiger partial charge >= 0.3 is 5.97 Å². The first-order chi connectivity index (χ1) is 10.6. The Morgan fingerprint density at radius 2 is 2.00 bits per heavy atom. The Kier molecular flexibility index (Phi) is 8.78. The van der Waals surface area contributed by atoms with Crippen molar-refractivity contribution in [1.82, 2.24) is 5.06 Å². The minimum Gasteiger partial charge on any atom is -0.371 e. The van der Waals surface area contributed by atoms with Crippen LogP contribution in [0.1, 0.15) is 46.0 Å². The molecule has 0 fully saturated rings. The largest absolute Gasteiger partial charge is 0.371 e. The SMILES string of the molecule is C=CCN(CC=C)OC(=O)C1=CC(OC(CC)CC)CCC1. The van der Waals surface area contributed by atoms with Gasteiger partial charge in [-0.1, -0.05) is 26.0 Å². The van der Waals surface area contributed by atoms with E-state index in [0.29, 0.717) is 18.7 Å². The van der Waals surface area contributed by atoms with E-state index in [2.05, 4.69) is 27.0 Å². The summed E-state index contributed by atoms with van der Waals surface area (Å²) >= 11 is 0. The van der Waals surface area contributed by atoms with Crippen molar-refractivity contribution in [3.8, 4) is 0 Å².